The zero-order valence-electron chi connectivity index (χ0n) is 15.2. The van der Waals surface area contributed by atoms with Crippen LogP contribution < -0.4 is 14.9 Å². The van der Waals surface area contributed by atoms with E-state index >= 15 is 0 Å². The van der Waals surface area contributed by atoms with Gasteiger partial charge >= 0.3 is 0 Å². The number of hydrogen-bond acceptors (Lipinski definition) is 6. The van der Waals surface area contributed by atoms with Crippen LogP contribution in [0.1, 0.15) is 38.2 Å². The number of methoxy groups -OCH3 is 2. The van der Waals surface area contributed by atoms with Crippen molar-refractivity contribution in [2.24, 2.45) is 22.4 Å². The highest BCUT2D eigenvalue weighted by Gasteiger charge is 2.64. The van der Waals surface area contributed by atoms with Crippen LogP contribution in [0.5, 0.6) is 11.5 Å². The summed E-state index contributed by atoms with van der Waals surface area (Å²) in [6.07, 6.45) is 5.76. The molecule has 0 spiro atoms. The Morgan fingerprint density at radius 2 is 2.04 bits per heavy atom. The van der Waals surface area contributed by atoms with Gasteiger partial charge in [0.05, 0.1) is 37.0 Å². The second-order valence-electron chi connectivity index (χ2n) is 7.09. The molecular weight excluding hydrogens is 338 g/mol. The predicted octanol–water partition coefficient (Wildman–Crippen LogP) is 2.89. The molecule has 1 aromatic carbocycles. The molecule has 3 rings (SSSR count). The Morgan fingerprint density at radius 1 is 1.35 bits per heavy atom. The quantitative estimate of drug-likeness (QED) is 0.477. The van der Waals surface area contributed by atoms with E-state index in [2.05, 4.69) is 17.5 Å². The maximum Gasteiger partial charge on any atom is 0.282 e. The molecule has 140 valence electrons. The topological polar surface area (TPSA) is 103 Å². The van der Waals surface area contributed by atoms with Gasteiger partial charge in [0, 0.05) is 5.92 Å². The SMILES string of the molecule is COc1cc(/C=N\NC(=O)[C@H]2[C@@H]3CCCC[C@]32C)c([N+](=O)[O-])cc1OC. The van der Waals surface area contributed by atoms with Gasteiger partial charge in [0.2, 0.25) is 5.91 Å². The number of hydrazone groups is 1. The second kappa shape index (κ2) is 6.93. The third-order valence-corrected chi connectivity index (χ3v) is 5.72. The van der Waals surface area contributed by atoms with Crippen LogP contribution in [-0.4, -0.2) is 31.3 Å². The van der Waals surface area contributed by atoms with Crippen molar-refractivity contribution in [3.63, 3.8) is 0 Å². The molecule has 0 saturated heterocycles. The van der Waals surface area contributed by atoms with E-state index < -0.39 is 4.92 Å². The minimum Gasteiger partial charge on any atom is -0.493 e. The minimum atomic E-state index is -0.526. The number of amides is 1. The van der Waals surface area contributed by atoms with Crippen molar-refractivity contribution in [1.82, 2.24) is 5.43 Å². The van der Waals surface area contributed by atoms with Crippen LogP contribution in [0.15, 0.2) is 17.2 Å². The number of ether oxygens (including phenoxy) is 2. The molecule has 0 heterocycles. The Labute approximate surface area is 151 Å². The highest BCUT2D eigenvalue weighted by Crippen LogP contribution is 2.66. The van der Waals surface area contributed by atoms with Crippen LogP contribution in [-0.2, 0) is 4.79 Å². The van der Waals surface area contributed by atoms with E-state index in [-0.39, 0.29) is 34.2 Å². The van der Waals surface area contributed by atoms with E-state index in [9.17, 15) is 14.9 Å². The van der Waals surface area contributed by atoms with E-state index in [4.69, 9.17) is 9.47 Å². The summed E-state index contributed by atoms with van der Waals surface area (Å²) in [6.45, 7) is 2.16. The number of nitrogens with one attached hydrogen (secondary N) is 1. The third-order valence-electron chi connectivity index (χ3n) is 5.72. The molecule has 0 aromatic heterocycles. The van der Waals surface area contributed by atoms with Gasteiger partial charge in [-0.2, -0.15) is 5.10 Å². The second-order valence-corrected chi connectivity index (χ2v) is 7.09. The van der Waals surface area contributed by atoms with Gasteiger partial charge in [0.15, 0.2) is 11.5 Å². The van der Waals surface area contributed by atoms with Crippen molar-refractivity contribution in [1.29, 1.82) is 0 Å². The first kappa shape index (κ1) is 18.2. The van der Waals surface area contributed by atoms with Crippen molar-refractivity contribution >= 4 is 17.8 Å². The molecule has 1 amide bonds. The van der Waals surface area contributed by atoms with Crippen molar-refractivity contribution in [2.45, 2.75) is 32.6 Å². The molecule has 2 saturated carbocycles. The number of carbonyl (C=O) groups excluding carboxylic acids is 1. The molecule has 8 nitrogen and oxygen atoms in total. The standard InChI is InChI=1S/C18H23N3O5/c1-18-7-5-4-6-12(18)16(18)17(22)20-19-10-11-8-14(25-2)15(26-3)9-13(11)21(23)24/h8-10,12,16H,4-7H2,1-3H3,(H,20,22)/b19-10-/t12-,16+,18+/m0/s1. The normalized spacial score (nSPS) is 26.9. The number of nitrogens with zero attached hydrogens (tertiary/aromatic N) is 2. The molecule has 26 heavy (non-hydrogen) atoms. The third kappa shape index (κ3) is 3.11. The highest BCUT2D eigenvalue weighted by atomic mass is 16.6. The lowest BCUT2D eigenvalue weighted by Gasteiger charge is -2.15. The first-order valence-corrected chi connectivity index (χ1v) is 8.65. The van der Waals surface area contributed by atoms with Crippen molar-refractivity contribution in [2.75, 3.05) is 14.2 Å². The predicted molar refractivity (Wildman–Crippen MR) is 95.5 cm³/mol. The molecular formula is C18H23N3O5. The van der Waals surface area contributed by atoms with Gasteiger partial charge < -0.3 is 9.47 Å². The van der Waals surface area contributed by atoms with Gasteiger partial charge in [-0.15, -0.1) is 0 Å². The monoisotopic (exact) mass is 361 g/mol. The molecule has 0 aliphatic heterocycles. The van der Waals surface area contributed by atoms with E-state index in [0.29, 0.717) is 11.7 Å². The number of hydrogen-bond donors (Lipinski definition) is 1. The van der Waals surface area contributed by atoms with Crippen molar-refractivity contribution in [3.05, 3.63) is 27.8 Å². The van der Waals surface area contributed by atoms with Gasteiger partial charge in [-0.3, -0.25) is 14.9 Å². The zero-order valence-corrected chi connectivity index (χ0v) is 15.2. The van der Waals surface area contributed by atoms with Gasteiger partial charge in [-0.25, -0.2) is 5.43 Å². The summed E-state index contributed by atoms with van der Waals surface area (Å²) in [7, 11) is 2.85. The zero-order chi connectivity index (χ0) is 18.9. The maximum absolute atomic E-state index is 12.4. The average molecular weight is 361 g/mol. The lowest BCUT2D eigenvalue weighted by atomic mass is 9.90. The summed E-state index contributed by atoms with van der Waals surface area (Å²) in [5.41, 5.74) is 2.69. The fourth-order valence-corrected chi connectivity index (χ4v) is 4.23. The molecule has 8 heteroatoms. The number of carbonyl (C=O) groups is 1. The Balaban J connectivity index is 1.74. The summed E-state index contributed by atoms with van der Waals surface area (Å²) in [5, 5.41) is 15.2. The molecule has 0 bridgehead atoms. The number of benzene rings is 1. The minimum absolute atomic E-state index is 0.0115. The van der Waals surface area contributed by atoms with E-state index in [1.54, 1.807) is 0 Å². The number of fused-ring (bicyclic) bond motifs is 1. The van der Waals surface area contributed by atoms with Crippen molar-refractivity contribution < 1.29 is 19.2 Å². The van der Waals surface area contributed by atoms with Crippen molar-refractivity contribution in [3.8, 4) is 11.5 Å². The summed E-state index contributed by atoms with van der Waals surface area (Å²) >= 11 is 0. The van der Waals surface area contributed by atoms with E-state index in [1.807, 2.05) is 0 Å². The smallest absolute Gasteiger partial charge is 0.282 e. The van der Waals surface area contributed by atoms with Crippen LogP contribution in [0.2, 0.25) is 0 Å². The molecule has 2 aliphatic carbocycles. The molecule has 3 atom stereocenters. The molecule has 2 fully saturated rings. The average Bonchev–Trinajstić information content (AvgIpc) is 3.26. The lowest BCUT2D eigenvalue weighted by Crippen LogP contribution is -2.22. The van der Waals surface area contributed by atoms with E-state index in [1.165, 1.54) is 39.0 Å². The fraction of sp³-hybridized carbons (Fsp3) is 0.556. The van der Waals surface area contributed by atoms with Gasteiger partial charge in [-0.1, -0.05) is 19.8 Å². The van der Waals surface area contributed by atoms with Crippen LogP contribution in [0.3, 0.4) is 0 Å². The lowest BCUT2D eigenvalue weighted by molar-refractivity contribution is -0.385. The van der Waals surface area contributed by atoms with Gasteiger partial charge in [0.1, 0.15) is 0 Å². The summed E-state index contributed by atoms with van der Waals surface area (Å²) in [4.78, 5) is 23.2. The van der Waals surface area contributed by atoms with Crippen LogP contribution in [0.4, 0.5) is 5.69 Å². The van der Waals surface area contributed by atoms with Crippen LogP contribution >= 0.6 is 0 Å². The largest absolute Gasteiger partial charge is 0.493 e. The molecule has 0 radical (unpaired) electrons. The Bertz CT molecular complexity index is 763. The number of nitro benzene ring substituents is 1. The molecule has 1 aromatic rings. The first-order chi connectivity index (χ1) is 12.4. The fourth-order valence-electron chi connectivity index (χ4n) is 4.23. The van der Waals surface area contributed by atoms with Crippen LogP contribution in [0, 0.1) is 27.4 Å². The summed E-state index contributed by atoms with van der Waals surface area (Å²) < 4.78 is 10.3. The van der Waals surface area contributed by atoms with Crippen LogP contribution in [0.25, 0.3) is 0 Å². The summed E-state index contributed by atoms with van der Waals surface area (Å²) in [6, 6.07) is 2.74. The maximum atomic E-state index is 12.4. The Kier molecular flexibility index (Phi) is 4.84. The van der Waals surface area contributed by atoms with E-state index in [0.717, 1.165) is 19.3 Å². The number of nitro groups is 1. The highest BCUT2D eigenvalue weighted by molar-refractivity contribution is 5.89. The molecule has 1 N–H and O–H groups in total. The molecule has 0 unspecified atom stereocenters. The van der Waals surface area contributed by atoms with Gasteiger partial charge in [-0.05, 0) is 30.2 Å². The van der Waals surface area contributed by atoms with Gasteiger partial charge in [0.25, 0.3) is 5.69 Å². The number of rotatable bonds is 6. The first-order valence-electron chi connectivity index (χ1n) is 8.65. The Morgan fingerprint density at radius 3 is 2.62 bits per heavy atom. The summed E-state index contributed by atoms with van der Waals surface area (Å²) in [5.74, 6) is 0.921. The molecule has 2 aliphatic rings. The Hall–Kier alpha value is -2.64.